The quantitative estimate of drug-likeness (QED) is 0.553. The molecule has 0 fully saturated rings. The topological polar surface area (TPSA) is 78.4 Å². The van der Waals surface area contributed by atoms with Crippen molar-refractivity contribution >= 4 is 12.0 Å². The summed E-state index contributed by atoms with van der Waals surface area (Å²) in [6, 6.07) is 9.67. The molecular weight excluding hydrogens is 268 g/mol. The molecule has 0 saturated heterocycles. The summed E-state index contributed by atoms with van der Waals surface area (Å²) in [5, 5.41) is 14.4. The number of carboxylic acids is 1. The normalized spacial score (nSPS) is 20.2. The highest BCUT2D eigenvalue weighted by Gasteiger charge is 2.25. The van der Waals surface area contributed by atoms with Gasteiger partial charge in [0.05, 0.1) is 12.0 Å². The van der Waals surface area contributed by atoms with E-state index < -0.39 is 11.9 Å². The van der Waals surface area contributed by atoms with Gasteiger partial charge in [-0.3, -0.25) is 4.79 Å². The van der Waals surface area contributed by atoms with Gasteiger partial charge in [0, 0.05) is 6.54 Å². The van der Waals surface area contributed by atoms with Crippen molar-refractivity contribution in [2.45, 2.75) is 25.3 Å². The van der Waals surface area contributed by atoms with E-state index in [4.69, 9.17) is 5.11 Å². The molecule has 0 aromatic heterocycles. The molecule has 0 spiro atoms. The summed E-state index contributed by atoms with van der Waals surface area (Å²) in [7, 11) is 0. The second-order valence-electron chi connectivity index (χ2n) is 5.16. The van der Waals surface area contributed by atoms with Crippen molar-refractivity contribution in [2.24, 2.45) is 5.92 Å². The van der Waals surface area contributed by atoms with E-state index in [0.717, 1.165) is 12.8 Å². The van der Waals surface area contributed by atoms with Crippen molar-refractivity contribution in [1.82, 2.24) is 10.6 Å². The van der Waals surface area contributed by atoms with Crippen molar-refractivity contribution in [2.75, 3.05) is 6.54 Å². The fraction of sp³-hybridized carbons (Fsp3) is 0.375. The molecule has 2 rings (SSSR count). The van der Waals surface area contributed by atoms with Crippen LogP contribution in [-0.4, -0.2) is 29.7 Å². The molecule has 0 heterocycles. The Labute approximate surface area is 124 Å². The highest BCUT2D eigenvalue weighted by atomic mass is 16.4. The summed E-state index contributed by atoms with van der Waals surface area (Å²) in [6.07, 6.45) is 5.58. The molecule has 112 valence electrons. The fourth-order valence-electron chi connectivity index (χ4n) is 2.35. The van der Waals surface area contributed by atoms with E-state index in [1.54, 1.807) is 12.2 Å². The third-order valence-corrected chi connectivity index (χ3v) is 3.49. The Morgan fingerprint density at radius 2 is 1.95 bits per heavy atom. The van der Waals surface area contributed by atoms with E-state index >= 15 is 0 Å². The Morgan fingerprint density at radius 3 is 2.62 bits per heavy atom. The molecule has 0 saturated carbocycles. The highest BCUT2D eigenvalue weighted by Crippen LogP contribution is 2.17. The van der Waals surface area contributed by atoms with Crippen LogP contribution in [0.15, 0.2) is 42.5 Å². The second kappa shape index (κ2) is 7.47. The molecule has 1 aromatic rings. The van der Waals surface area contributed by atoms with Gasteiger partial charge in [-0.1, -0.05) is 42.5 Å². The van der Waals surface area contributed by atoms with Crippen molar-refractivity contribution in [1.29, 1.82) is 0 Å². The number of aryl methyl sites for hydroxylation is 1. The average Bonchev–Trinajstić information content (AvgIpc) is 2.93. The molecule has 21 heavy (non-hydrogen) atoms. The van der Waals surface area contributed by atoms with Gasteiger partial charge in [-0.05, 0) is 24.8 Å². The molecule has 1 aromatic carbocycles. The van der Waals surface area contributed by atoms with Crippen molar-refractivity contribution in [3.8, 4) is 0 Å². The molecule has 5 nitrogen and oxygen atoms in total. The van der Waals surface area contributed by atoms with E-state index in [-0.39, 0.29) is 12.1 Å². The van der Waals surface area contributed by atoms with Gasteiger partial charge in [0.2, 0.25) is 0 Å². The van der Waals surface area contributed by atoms with Gasteiger partial charge in [-0.2, -0.15) is 0 Å². The number of carboxylic acid groups (broad SMARTS) is 1. The Balaban J connectivity index is 1.60. The molecule has 1 aliphatic rings. The number of hydrogen-bond acceptors (Lipinski definition) is 2. The summed E-state index contributed by atoms with van der Waals surface area (Å²) in [5.41, 5.74) is 1.25. The van der Waals surface area contributed by atoms with Crippen LogP contribution in [0, 0.1) is 5.92 Å². The van der Waals surface area contributed by atoms with Gasteiger partial charge in [0.25, 0.3) is 0 Å². The molecule has 0 radical (unpaired) electrons. The number of nitrogens with one attached hydrogen (secondary N) is 2. The third kappa shape index (κ3) is 4.95. The fourth-order valence-corrected chi connectivity index (χ4v) is 2.35. The predicted molar refractivity (Wildman–Crippen MR) is 80.0 cm³/mol. The average molecular weight is 288 g/mol. The molecular formula is C16H20N2O3. The maximum absolute atomic E-state index is 11.7. The number of amides is 2. The van der Waals surface area contributed by atoms with Gasteiger partial charge >= 0.3 is 12.0 Å². The number of rotatable bonds is 6. The molecule has 2 atom stereocenters. The summed E-state index contributed by atoms with van der Waals surface area (Å²) in [4.78, 5) is 22.5. The van der Waals surface area contributed by atoms with Crippen LogP contribution in [0.4, 0.5) is 4.79 Å². The summed E-state index contributed by atoms with van der Waals surface area (Å²) in [6.45, 7) is 0.597. The first-order valence-corrected chi connectivity index (χ1v) is 7.14. The number of aliphatic carboxylic acids is 1. The zero-order valence-electron chi connectivity index (χ0n) is 11.8. The zero-order valence-corrected chi connectivity index (χ0v) is 11.8. The summed E-state index contributed by atoms with van der Waals surface area (Å²) < 4.78 is 0. The van der Waals surface area contributed by atoms with Crippen molar-refractivity contribution < 1.29 is 14.7 Å². The number of urea groups is 1. The highest BCUT2D eigenvalue weighted by molar-refractivity contribution is 5.76. The second-order valence-corrected chi connectivity index (χ2v) is 5.16. The summed E-state index contributed by atoms with van der Waals surface area (Å²) >= 11 is 0. The Bertz CT molecular complexity index is 514. The molecule has 1 aliphatic carbocycles. The number of hydrogen-bond donors (Lipinski definition) is 3. The van der Waals surface area contributed by atoms with E-state index in [2.05, 4.69) is 22.8 Å². The van der Waals surface area contributed by atoms with Crippen LogP contribution in [-0.2, 0) is 11.2 Å². The number of carbonyl (C=O) groups excluding carboxylic acids is 1. The monoisotopic (exact) mass is 288 g/mol. The predicted octanol–water partition coefficient (Wildman–Crippen LogP) is 1.95. The van der Waals surface area contributed by atoms with E-state index in [9.17, 15) is 9.59 Å². The van der Waals surface area contributed by atoms with Gasteiger partial charge in [-0.15, -0.1) is 0 Å². The van der Waals surface area contributed by atoms with Crippen LogP contribution in [0.5, 0.6) is 0 Å². The molecule has 2 unspecified atom stereocenters. The minimum atomic E-state index is -0.848. The Kier molecular flexibility index (Phi) is 5.37. The van der Waals surface area contributed by atoms with E-state index in [1.165, 1.54) is 5.56 Å². The van der Waals surface area contributed by atoms with Crippen LogP contribution in [0.25, 0.3) is 0 Å². The Hall–Kier alpha value is -2.30. The molecule has 2 amide bonds. The lowest BCUT2D eigenvalue weighted by Gasteiger charge is -2.13. The van der Waals surface area contributed by atoms with Crippen LogP contribution >= 0.6 is 0 Å². The van der Waals surface area contributed by atoms with E-state index in [0.29, 0.717) is 13.0 Å². The first kappa shape index (κ1) is 15.1. The van der Waals surface area contributed by atoms with Gasteiger partial charge in [-0.25, -0.2) is 4.79 Å². The maximum atomic E-state index is 11.7. The van der Waals surface area contributed by atoms with Crippen LogP contribution < -0.4 is 10.6 Å². The minimum Gasteiger partial charge on any atom is -0.481 e. The SMILES string of the molecule is O=C(NCCCc1ccccc1)NC1C=CC(C(=O)O)C1. The molecule has 3 N–H and O–H groups in total. The Morgan fingerprint density at radius 1 is 1.19 bits per heavy atom. The van der Waals surface area contributed by atoms with Gasteiger partial charge in [0.15, 0.2) is 0 Å². The largest absolute Gasteiger partial charge is 0.481 e. The van der Waals surface area contributed by atoms with Crippen LogP contribution in [0.3, 0.4) is 0 Å². The standard InChI is InChI=1S/C16H20N2O3/c19-15(20)13-8-9-14(11-13)18-16(21)17-10-4-7-12-5-2-1-3-6-12/h1-3,5-6,8-9,13-14H,4,7,10-11H2,(H,19,20)(H2,17,18,21). The zero-order chi connectivity index (χ0) is 15.1. The smallest absolute Gasteiger partial charge is 0.315 e. The first-order valence-electron chi connectivity index (χ1n) is 7.14. The molecule has 5 heteroatoms. The van der Waals surface area contributed by atoms with E-state index in [1.807, 2.05) is 18.2 Å². The van der Waals surface area contributed by atoms with Crippen LogP contribution in [0.1, 0.15) is 18.4 Å². The minimum absolute atomic E-state index is 0.194. The number of benzene rings is 1. The van der Waals surface area contributed by atoms with Crippen molar-refractivity contribution in [3.05, 3.63) is 48.0 Å². The lowest BCUT2D eigenvalue weighted by atomic mass is 10.1. The molecule has 0 bridgehead atoms. The maximum Gasteiger partial charge on any atom is 0.315 e. The summed E-state index contributed by atoms with van der Waals surface area (Å²) in [5.74, 6) is -1.34. The number of carbonyl (C=O) groups is 2. The van der Waals surface area contributed by atoms with Gasteiger partial charge in [0.1, 0.15) is 0 Å². The lowest BCUT2D eigenvalue weighted by molar-refractivity contribution is -0.140. The molecule has 0 aliphatic heterocycles. The van der Waals surface area contributed by atoms with Gasteiger partial charge < -0.3 is 15.7 Å². The third-order valence-electron chi connectivity index (χ3n) is 3.49. The van der Waals surface area contributed by atoms with Crippen molar-refractivity contribution in [3.63, 3.8) is 0 Å². The lowest BCUT2D eigenvalue weighted by Crippen LogP contribution is -2.41. The first-order chi connectivity index (χ1) is 10.1. The van der Waals surface area contributed by atoms with Crippen LogP contribution in [0.2, 0.25) is 0 Å².